The van der Waals surface area contributed by atoms with Crippen molar-refractivity contribution in [3.63, 3.8) is 0 Å². The van der Waals surface area contributed by atoms with Gasteiger partial charge in [-0.1, -0.05) is 183 Å². The Balaban J connectivity index is 1.36. The molecule has 0 aromatic heterocycles. The predicted octanol–water partition coefficient (Wildman–Crippen LogP) is 14.5. The van der Waals surface area contributed by atoms with Crippen LogP contribution in [-0.2, 0) is 0 Å². The maximum Gasteiger partial charge on any atom is 0.0546 e. The third-order valence-corrected chi connectivity index (χ3v) is 10.9. The zero-order chi connectivity index (χ0) is 34.0. The molecule has 51 heavy (non-hydrogen) atoms. The summed E-state index contributed by atoms with van der Waals surface area (Å²) in [6.45, 7) is 0. The van der Waals surface area contributed by atoms with Crippen molar-refractivity contribution in [2.45, 2.75) is 38.0 Å². The van der Waals surface area contributed by atoms with E-state index >= 15 is 0 Å². The van der Waals surface area contributed by atoms with Gasteiger partial charge in [-0.2, -0.15) is 0 Å². The van der Waals surface area contributed by atoms with Crippen molar-refractivity contribution in [1.29, 1.82) is 0 Å². The SMILES string of the molecule is c1ccc(-c2ccc(-c3ccccc3)c(N(c3ccccc3-c3cccc4cccc(C5CCCCC5)c34)c3cccc4ccccc34)c2)cc1. The summed E-state index contributed by atoms with van der Waals surface area (Å²) in [6, 6.07) is 67.0. The summed E-state index contributed by atoms with van der Waals surface area (Å²) < 4.78 is 0. The smallest absolute Gasteiger partial charge is 0.0546 e. The van der Waals surface area contributed by atoms with E-state index in [4.69, 9.17) is 0 Å². The topological polar surface area (TPSA) is 3.24 Å². The maximum absolute atomic E-state index is 2.54. The van der Waals surface area contributed by atoms with Crippen molar-refractivity contribution in [2.75, 3.05) is 4.90 Å². The lowest BCUT2D eigenvalue weighted by atomic mass is 9.80. The summed E-state index contributed by atoms with van der Waals surface area (Å²) in [4.78, 5) is 2.54. The van der Waals surface area contributed by atoms with Gasteiger partial charge in [-0.05, 0) is 80.9 Å². The molecule has 1 fully saturated rings. The van der Waals surface area contributed by atoms with Crippen LogP contribution in [0.25, 0.3) is 54.9 Å². The molecule has 246 valence electrons. The van der Waals surface area contributed by atoms with Gasteiger partial charge in [0.2, 0.25) is 0 Å². The van der Waals surface area contributed by atoms with Crippen LogP contribution in [0.1, 0.15) is 43.6 Å². The van der Waals surface area contributed by atoms with Crippen LogP contribution in [0, 0.1) is 0 Å². The highest BCUT2D eigenvalue weighted by Gasteiger charge is 2.25. The average Bonchev–Trinajstić information content (AvgIpc) is 3.22. The second-order valence-corrected chi connectivity index (χ2v) is 13.9. The molecule has 0 heterocycles. The number of hydrogen-bond donors (Lipinski definition) is 0. The Morgan fingerprint density at radius 2 is 0.980 bits per heavy atom. The van der Waals surface area contributed by atoms with Crippen molar-refractivity contribution in [2.24, 2.45) is 0 Å². The monoisotopic (exact) mass is 655 g/mol. The van der Waals surface area contributed by atoms with E-state index in [2.05, 4.69) is 187 Å². The summed E-state index contributed by atoms with van der Waals surface area (Å²) in [5.41, 5.74) is 12.3. The van der Waals surface area contributed by atoms with E-state index in [1.165, 1.54) is 98.3 Å². The molecule has 1 aliphatic rings. The van der Waals surface area contributed by atoms with E-state index in [0.29, 0.717) is 5.92 Å². The lowest BCUT2D eigenvalue weighted by Crippen LogP contribution is -2.13. The summed E-state index contributed by atoms with van der Waals surface area (Å²) in [5.74, 6) is 0.595. The van der Waals surface area contributed by atoms with Gasteiger partial charge in [0.05, 0.1) is 17.1 Å². The van der Waals surface area contributed by atoms with Crippen LogP contribution in [0.5, 0.6) is 0 Å². The molecular formula is C50H41N. The molecule has 0 unspecified atom stereocenters. The van der Waals surface area contributed by atoms with Crippen LogP contribution in [0.2, 0.25) is 0 Å². The van der Waals surface area contributed by atoms with Crippen molar-refractivity contribution in [3.8, 4) is 33.4 Å². The molecule has 0 aliphatic heterocycles. The van der Waals surface area contributed by atoms with Crippen LogP contribution < -0.4 is 4.90 Å². The quantitative estimate of drug-likeness (QED) is 0.165. The van der Waals surface area contributed by atoms with Crippen LogP contribution in [0.15, 0.2) is 182 Å². The summed E-state index contributed by atoms with van der Waals surface area (Å²) >= 11 is 0. The third kappa shape index (κ3) is 5.89. The highest BCUT2D eigenvalue weighted by Crippen LogP contribution is 2.49. The van der Waals surface area contributed by atoms with E-state index in [0.717, 1.165) is 11.4 Å². The van der Waals surface area contributed by atoms with Crippen LogP contribution >= 0.6 is 0 Å². The Hall–Kier alpha value is -5.92. The second-order valence-electron chi connectivity index (χ2n) is 13.9. The van der Waals surface area contributed by atoms with Crippen molar-refractivity contribution in [3.05, 3.63) is 188 Å². The number of hydrogen-bond acceptors (Lipinski definition) is 1. The van der Waals surface area contributed by atoms with Crippen LogP contribution in [0.3, 0.4) is 0 Å². The lowest BCUT2D eigenvalue weighted by Gasteiger charge is -2.32. The number of para-hydroxylation sites is 1. The Morgan fingerprint density at radius 1 is 0.373 bits per heavy atom. The largest absolute Gasteiger partial charge is 0.309 e. The Kier molecular flexibility index (Phi) is 8.39. The van der Waals surface area contributed by atoms with E-state index in [9.17, 15) is 0 Å². The van der Waals surface area contributed by atoms with E-state index in [-0.39, 0.29) is 0 Å². The first-order valence-electron chi connectivity index (χ1n) is 18.5. The van der Waals surface area contributed by atoms with Gasteiger partial charge < -0.3 is 4.90 Å². The highest BCUT2D eigenvalue weighted by atomic mass is 15.1. The molecule has 0 bridgehead atoms. The van der Waals surface area contributed by atoms with Crippen molar-refractivity contribution < 1.29 is 0 Å². The zero-order valence-electron chi connectivity index (χ0n) is 28.9. The summed E-state index contributed by atoms with van der Waals surface area (Å²) in [7, 11) is 0. The van der Waals surface area contributed by atoms with Gasteiger partial charge in [0.25, 0.3) is 0 Å². The van der Waals surface area contributed by atoms with Crippen LogP contribution in [-0.4, -0.2) is 0 Å². The molecule has 0 saturated heterocycles. The molecule has 0 spiro atoms. The number of anilines is 3. The first-order chi connectivity index (χ1) is 25.3. The Bertz CT molecular complexity index is 2440. The van der Waals surface area contributed by atoms with Crippen molar-refractivity contribution in [1.82, 2.24) is 0 Å². The van der Waals surface area contributed by atoms with E-state index in [1.807, 2.05) is 0 Å². The molecule has 0 amide bonds. The normalized spacial score (nSPS) is 13.4. The molecule has 0 radical (unpaired) electrons. The first-order valence-corrected chi connectivity index (χ1v) is 18.5. The van der Waals surface area contributed by atoms with E-state index < -0.39 is 0 Å². The average molecular weight is 656 g/mol. The molecule has 1 aliphatic carbocycles. The Morgan fingerprint density at radius 3 is 1.80 bits per heavy atom. The fraction of sp³-hybridized carbons (Fsp3) is 0.120. The molecule has 1 nitrogen and oxygen atoms in total. The lowest BCUT2D eigenvalue weighted by molar-refractivity contribution is 0.445. The number of benzene rings is 8. The van der Waals surface area contributed by atoms with Gasteiger partial charge in [-0.25, -0.2) is 0 Å². The second kappa shape index (κ2) is 13.8. The minimum atomic E-state index is 0.595. The van der Waals surface area contributed by atoms with Gasteiger partial charge in [0.15, 0.2) is 0 Å². The van der Waals surface area contributed by atoms with Gasteiger partial charge in [-0.15, -0.1) is 0 Å². The Labute approximate surface area is 301 Å². The van der Waals surface area contributed by atoms with Crippen molar-refractivity contribution >= 4 is 38.6 Å². The molecule has 9 rings (SSSR count). The van der Waals surface area contributed by atoms with Crippen LogP contribution in [0.4, 0.5) is 17.1 Å². The summed E-state index contributed by atoms with van der Waals surface area (Å²) in [5, 5.41) is 5.17. The molecule has 0 atom stereocenters. The number of rotatable bonds is 7. The fourth-order valence-electron chi connectivity index (χ4n) is 8.43. The maximum atomic E-state index is 2.54. The third-order valence-electron chi connectivity index (χ3n) is 10.9. The van der Waals surface area contributed by atoms with Gasteiger partial charge >= 0.3 is 0 Å². The fourth-order valence-corrected chi connectivity index (χ4v) is 8.43. The predicted molar refractivity (Wildman–Crippen MR) is 218 cm³/mol. The molecule has 8 aromatic rings. The molecular weight excluding hydrogens is 615 g/mol. The molecule has 1 heteroatoms. The minimum Gasteiger partial charge on any atom is -0.309 e. The van der Waals surface area contributed by atoms with Gasteiger partial charge in [0, 0.05) is 16.5 Å². The standard InChI is InChI=1S/C50H41N/c1-4-17-36(18-5-1)41-33-34-43(37-19-6-2-7-20-37)49(35-41)51(47-32-16-24-38-23-10-11-27-42(38)47)48-31-13-12-28-45(48)46-30-15-26-40-25-14-29-44(50(40)46)39-21-8-3-9-22-39/h1-2,4-7,10-20,23-35,39H,3,8-9,21-22H2. The number of nitrogens with zero attached hydrogens (tertiary/aromatic N) is 1. The molecule has 1 saturated carbocycles. The van der Waals surface area contributed by atoms with Gasteiger partial charge in [0.1, 0.15) is 0 Å². The molecule has 0 N–H and O–H groups in total. The number of fused-ring (bicyclic) bond motifs is 2. The first kappa shape index (κ1) is 31.1. The minimum absolute atomic E-state index is 0.595. The molecule has 8 aromatic carbocycles. The zero-order valence-corrected chi connectivity index (χ0v) is 28.9. The van der Waals surface area contributed by atoms with E-state index in [1.54, 1.807) is 0 Å². The highest BCUT2D eigenvalue weighted by molar-refractivity contribution is 6.07. The van der Waals surface area contributed by atoms with Gasteiger partial charge in [-0.3, -0.25) is 0 Å². The summed E-state index contributed by atoms with van der Waals surface area (Å²) in [6.07, 6.45) is 6.51.